The Bertz CT molecular complexity index is 969. The highest BCUT2D eigenvalue weighted by molar-refractivity contribution is 5.76. The number of benzene rings is 1. The maximum Gasteiger partial charge on any atom is 0.513 e. The molecule has 1 rings (SSSR count). The Morgan fingerprint density at radius 1 is 0.667 bits per heavy atom. The second kappa shape index (κ2) is 21.2. The number of ether oxygens (including phenoxy) is 7. The monoisotopic (exact) mass is 597 g/mol. The molecule has 0 fully saturated rings. The lowest BCUT2D eigenvalue weighted by molar-refractivity contribution is -0.155. The molecule has 0 aliphatic heterocycles. The summed E-state index contributed by atoms with van der Waals surface area (Å²) in [6.07, 6.45) is 2.36. The molecule has 1 aromatic rings. The van der Waals surface area contributed by atoms with Crippen LogP contribution in [0.15, 0.2) is 18.2 Å². The van der Waals surface area contributed by atoms with Crippen molar-refractivity contribution in [3.63, 3.8) is 0 Å². The molecule has 0 saturated heterocycles. The predicted molar refractivity (Wildman–Crippen MR) is 153 cm³/mol. The standard InChI is InChI=1S/C30H47NO11/c1-6-9-12-17-37-29(34)41-25-15-14-23(20-26(25)42-30(35)38-18-13-10-7-2)19-24(31)27(32)39-21(4)22(5)40-28(33)36-16-11-8-3/h14-15,20-22,24H,6-13,16-19,31H2,1-5H3/t21-,22-,24-/m0/s1. The molecule has 0 bridgehead atoms. The number of carbonyl (C=O) groups is 4. The van der Waals surface area contributed by atoms with E-state index in [0.29, 0.717) is 24.8 Å². The second-order valence-corrected chi connectivity index (χ2v) is 9.82. The average Bonchev–Trinajstić information content (AvgIpc) is 2.94. The molecule has 1 aromatic carbocycles. The fourth-order valence-corrected chi connectivity index (χ4v) is 3.38. The lowest BCUT2D eigenvalue weighted by Crippen LogP contribution is -2.39. The van der Waals surface area contributed by atoms with Crippen molar-refractivity contribution in [2.45, 2.75) is 111 Å². The number of esters is 1. The minimum atomic E-state index is -1.10. The molecular formula is C30H47NO11. The number of carbonyl (C=O) groups excluding carboxylic acids is 4. The second-order valence-electron chi connectivity index (χ2n) is 9.82. The van der Waals surface area contributed by atoms with Gasteiger partial charge in [-0.05, 0) is 57.2 Å². The summed E-state index contributed by atoms with van der Waals surface area (Å²) in [5.41, 5.74) is 6.57. The zero-order chi connectivity index (χ0) is 31.3. The van der Waals surface area contributed by atoms with Gasteiger partial charge < -0.3 is 38.9 Å². The summed E-state index contributed by atoms with van der Waals surface area (Å²) in [6.45, 7) is 9.77. The molecule has 0 aromatic heterocycles. The summed E-state index contributed by atoms with van der Waals surface area (Å²) in [4.78, 5) is 48.8. The van der Waals surface area contributed by atoms with E-state index >= 15 is 0 Å². The highest BCUT2D eigenvalue weighted by atomic mass is 16.7. The van der Waals surface area contributed by atoms with Gasteiger partial charge in [-0.2, -0.15) is 0 Å². The van der Waals surface area contributed by atoms with Crippen LogP contribution in [-0.2, 0) is 34.9 Å². The Morgan fingerprint density at radius 3 is 1.74 bits per heavy atom. The van der Waals surface area contributed by atoms with Crippen LogP contribution >= 0.6 is 0 Å². The van der Waals surface area contributed by atoms with E-state index in [9.17, 15) is 19.2 Å². The van der Waals surface area contributed by atoms with Gasteiger partial charge in [-0.1, -0.05) is 58.9 Å². The zero-order valence-electron chi connectivity index (χ0n) is 25.5. The third kappa shape index (κ3) is 15.5. The topological polar surface area (TPSA) is 159 Å². The molecule has 0 radical (unpaired) electrons. The van der Waals surface area contributed by atoms with Gasteiger partial charge in [0.25, 0.3) is 0 Å². The van der Waals surface area contributed by atoms with Crippen LogP contribution in [0.1, 0.15) is 91.5 Å². The summed E-state index contributed by atoms with van der Waals surface area (Å²) < 4.78 is 36.2. The summed E-state index contributed by atoms with van der Waals surface area (Å²) in [7, 11) is 0. The maximum absolute atomic E-state index is 12.6. The first-order valence-electron chi connectivity index (χ1n) is 14.7. The van der Waals surface area contributed by atoms with Crippen molar-refractivity contribution in [3.05, 3.63) is 23.8 Å². The number of hydrogen-bond donors (Lipinski definition) is 1. The van der Waals surface area contributed by atoms with E-state index < -0.39 is 42.7 Å². The van der Waals surface area contributed by atoms with Gasteiger partial charge in [0.15, 0.2) is 11.5 Å². The Balaban J connectivity index is 2.84. The van der Waals surface area contributed by atoms with Gasteiger partial charge in [0.05, 0.1) is 19.8 Å². The SMILES string of the molecule is CCCCCOC(=O)Oc1ccc(C[C@H](N)C(=O)O[C@@H](C)[C@H](C)OC(=O)OCCCC)cc1OC(=O)OCCCCC. The molecule has 0 aliphatic carbocycles. The average molecular weight is 598 g/mol. The van der Waals surface area contributed by atoms with Crippen LogP contribution in [0.5, 0.6) is 11.5 Å². The van der Waals surface area contributed by atoms with Crippen molar-refractivity contribution in [2.75, 3.05) is 19.8 Å². The summed E-state index contributed by atoms with van der Waals surface area (Å²) in [5.74, 6) is -0.895. The zero-order valence-corrected chi connectivity index (χ0v) is 25.5. The van der Waals surface area contributed by atoms with E-state index in [2.05, 4.69) is 0 Å². The molecule has 0 heterocycles. The van der Waals surface area contributed by atoms with Gasteiger partial charge in [-0.3, -0.25) is 4.79 Å². The molecule has 0 aliphatic rings. The van der Waals surface area contributed by atoms with Crippen molar-refractivity contribution in [2.24, 2.45) is 5.73 Å². The van der Waals surface area contributed by atoms with Crippen LogP contribution in [0, 0.1) is 0 Å². The Hall–Kier alpha value is -3.54. The van der Waals surface area contributed by atoms with E-state index in [1.165, 1.54) is 12.1 Å². The van der Waals surface area contributed by atoms with Crippen molar-refractivity contribution in [3.8, 4) is 11.5 Å². The number of rotatable bonds is 19. The first kappa shape index (κ1) is 36.5. The van der Waals surface area contributed by atoms with E-state index in [4.69, 9.17) is 38.9 Å². The van der Waals surface area contributed by atoms with Crippen LogP contribution in [-0.4, -0.2) is 62.5 Å². The molecule has 0 amide bonds. The number of nitrogens with two attached hydrogens (primary N) is 1. The highest BCUT2D eigenvalue weighted by Gasteiger charge is 2.25. The molecule has 12 heteroatoms. The molecule has 0 spiro atoms. The van der Waals surface area contributed by atoms with Crippen LogP contribution in [0.2, 0.25) is 0 Å². The first-order chi connectivity index (χ1) is 20.1. The van der Waals surface area contributed by atoms with E-state index in [0.717, 1.165) is 32.1 Å². The van der Waals surface area contributed by atoms with Gasteiger partial charge >= 0.3 is 24.4 Å². The van der Waals surface area contributed by atoms with Crippen molar-refractivity contribution < 1.29 is 52.3 Å². The molecule has 12 nitrogen and oxygen atoms in total. The van der Waals surface area contributed by atoms with E-state index in [1.807, 2.05) is 20.8 Å². The van der Waals surface area contributed by atoms with Crippen molar-refractivity contribution >= 4 is 24.4 Å². The Morgan fingerprint density at radius 2 is 1.17 bits per heavy atom. The van der Waals surface area contributed by atoms with E-state index in [1.54, 1.807) is 19.9 Å². The fraction of sp³-hybridized carbons (Fsp3) is 0.667. The first-order valence-corrected chi connectivity index (χ1v) is 14.7. The molecule has 238 valence electrons. The predicted octanol–water partition coefficient (Wildman–Crippen LogP) is 6.24. The summed E-state index contributed by atoms with van der Waals surface area (Å²) >= 11 is 0. The molecule has 3 atom stereocenters. The van der Waals surface area contributed by atoms with Gasteiger partial charge in [0, 0.05) is 0 Å². The van der Waals surface area contributed by atoms with Crippen LogP contribution in [0.25, 0.3) is 0 Å². The van der Waals surface area contributed by atoms with Crippen LogP contribution < -0.4 is 15.2 Å². The molecule has 2 N–H and O–H groups in total. The maximum atomic E-state index is 12.6. The largest absolute Gasteiger partial charge is 0.513 e. The normalized spacial score (nSPS) is 12.8. The van der Waals surface area contributed by atoms with Crippen molar-refractivity contribution in [1.29, 1.82) is 0 Å². The lowest BCUT2D eigenvalue weighted by atomic mass is 10.1. The summed E-state index contributed by atoms with van der Waals surface area (Å²) in [6, 6.07) is 3.29. The number of unbranched alkanes of at least 4 members (excludes halogenated alkanes) is 5. The molecule has 0 saturated carbocycles. The third-order valence-electron chi connectivity index (χ3n) is 6.05. The molecular weight excluding hydrogens is 550 g/mol. The lowest BCUT2D eigenvalue weighted by Gasteiger charge is -2.22. The van der Waals surface area contributed by atoms with Gasteiger partial charge in [0.2, 0.25) is 0 Å². The van der Waals surface area contributed by atoms with E-state index in [-0.39, 0.29) is 37.7 Å². The quantitative estimate of drug-likeness (QED) is 0.0829. The van der Waals surface area contributed by atoms with Gasteiger partial charge in [-0.25, -0.2) is 14.4 Å². The van der Waals surface area contributed by atoms with Gasteiger partial charge in [-0.15, -0.1) is 0 Å². The number of hydrogen-bond acceptors (Lipinski definition) is 12. The summed E-state index contributed by atoms with van der Waals surface area (Å²) in [5, 5.41) is 0. The van der Waals surface area contributed by atoms with Crippen LogP contribution in [0.3, 0.4) is 0 Å². The fourth-order valence-electron chi connectivity index (χ4n) is 3.38. The minimum absolute atomic E-state index is 0.00347. The van der Waals surface area contributed by atoms with Gasteiger partial charge in [0.1, 0.15) is 18.2 Å². The van der Waals surface area contributed by atoms with Crippen LogP contribution in [0.4, 0.5) is 14.4 Å². The minimum Gasteiger partial charge on any atom is -0.458 e. The molecule has 0 unspecified atom stereocenters. The highest BCUT2D eigenvalue weighted by Crippen LogP contribution is 2.30. The third-order valence-corrected chi connectivity index (χ3v) is 6.05. The smallest absolute Gasteiger partial charge is 0.458 e. The molecule has 42 heavy (non-hydrogen) atoms. The Labute approximate surface area is 248 Å². The Kier molecular flexibility index (Phi) is 18.4. The van der Waals surface area contributed by atoms with Crippen molar-refractivity contribution in [1.82, 2.24) is 0 Å².